The molecule has 2 aliphatic heterocycles. The first kappa shape index (κ1) is 24.4. The minimum Gasteiger partial charge on any atom is -0.364 e. The van der Waals surface area contributed by atoms with Crippen LogP contribution in [0.3, 0.4) is 0 Å². The van der Waals surface area contributed by atoms with E-state index in [1.165, 1.54) is 56.2 Å². The van der Waals surface area contributed by atoms with Crippen molar-refractivity contribution in [2.24, 2.45) is 0 Å². The SMILES string of the molecule is CCc1cccc2c1-n1nc3c(c1C1(C)C2=CC(C)(CC)c2[nH]ccc21)CN(c1ncc(C(C)C)cn1)CC3. The molecule has 2 unspecified atom stereocenters. The fourth-order valence-corrected chi connectivity index (χ4v) is 7.18. The maximum Gasteiger partial charge on any atom is 0.225 e. The zero-order valence-corrected chi connectivity index (χ0v) is 24.0. The van der Waals surface area contributed by atoms with Crippen molar-refractivity contribution in [2.45, 2.75) is 84.1 Å². The minimum atomic E-state index is -0.310. The van der Waals surface area contributed by atoms with Gasteiger partial charge in [-0.05, 0) is 54.0 Å². The van der Waals surface area contributed by atoms with Gasteiger partial charge in [0, 0.05) is 60.3 Å². The molecule has 0 bridgehead atoms. The van der Waals surface area contributed by atoms with Crippen LogP contribution < -0.4 is 4.90 Å². The smallest absolute Gasteiger partial charge is 0.225 e. The van der Waals surface area contributed by atoms with Gasteiger partial charge in [-0.3, -0.25) is 0 Å². The summed E-state index contributed by atoms with van der Waals surface area (Å²) in [6.45, 7) is 15.3. The van der Waals surface area contributed by atoms with E-state index < -0.39 is 0 Å². The first-order valence-corrected chi connectivity index (χ1v) is 14.5. The van der Waals surface area contributed by atoms with E-state index in [4.69, 9.17) is 15.1 Å². The number of fused-ring (bicyclic) bond motifs is 10. The number of benzene rings is 1. The predicted molar refractivity (Wildman–Crippen MR) is 157 cm³/mol. The molecule has 1 N–H and O–H groups in total. The molecule has 4 aromatic rings. The zero-order chi connectivity index (χ0) is 27.1. The van der Waals surface area contributed by atoms with Gasteiger partial charge in [0.25, 0.3) is 0 Å². The third-order valence-electron chi connectivity index (χ3n) is 9.71. The van der Waals surface area contributed by atoms with Crippen molar-refractivity contribution in [1.29, 1.82) is 0 Å². The summed E-state index contributed by atoms with van der Waals surface area (Å²) in [5.74, 6) is 1.23. The molecule has 0 amide bonds. The van der Waals surface area contributed by atoms with Crippen molar-refractivity contribution in [3.63, 3.8) is 0 Å². The van der Waals surface area contributed by atoms with Gasteiger partial charge < -0.3 is 9.88 Å². The lowest BCUT2D eigenvalue weighted by molar-refractivity contribution is 0.508. The number of hydrogen-bond acceptors (Lipinski definition) is 4. The number of H-pyrrole nitrogens is 1. The lowest BCUT2D eigenvalue weighted by atomic mass is 9.59. The molecular weight excluding hydrogens is 480 g/mol. The summed E-state index contributed by atoms with van der Waals surface area (Å²) in [6.07, 6.45) is 11.6. The molecule has 2 atom stereocenters. The van der Waals surface area contributed by atoms with E-state index in [9.17, 15) is 0 Å². The Morgan fingerprint density at radius 1 is 1.08 bits per heavy atom. The average Bonchev–Trinajstić information content (AvgIpc) is 3.61. The van der Waals surface area contributed by atoms with Crippen LogP contribution in [0.4, 0.5) is 5.95 Å². The van der Waals surface area contributed by atoms with E-state index in [0.29, 0.717) is 5.92 Å². The van der Waals surface area contributed by atoms with Gasteiger partial charge in [0.15, 0.2) is 0 Å². The summed E-state index contributed by atoms with van der Waals surface area (Å²) in [7, 11) is 0. The van der Waals surface area contributed by atoms with Crippen molar-refractivity contribution >= 4 is 11.5 Å². The van der Waals surface area contributed by atoms with Gasteiger partial charge in [0.1, 0.15) is 0 Å². The maximum atomic E-state index is 5.37. The molecule has 0 saturated heterocycles. The topological polar surface area (TPSA) is 62.6 Å². The first-order valence-electron chi connectivity index (χ1n) is 14.5. The van der Waals surface area contributed by atoms with Crippen molar-refractivity contribution in [1.82, 2.24) is 24.7 Å². The van der Waals surface area contributed by atoms with Crippen molar-refractivity contribution in [2.75, 3.05) is 11.4 Å². The quantitative estimate of drug-likeness (QED) is 0.330. The molecule has 7 rings (SSSR count). The average molecular weight is 519 g/mol. The highest BCUT2D eigenvalue weighted by Gasteiger charge is 2.51. The van der Waals surface area contributed by atoms with Gasteiger partial charge in [-0.1, -0.05) is 58.9 Å². The first-order chi connectivity index (χ1) is 18.8. The molecule has 200 valence electrons. The Morgan fingerprint density at radius 3 is 2.59 bits per heavy atom. The summed E-state index contributed by atoms with van der Waals surface area (Å²) < 4.78 is 2.31. The molecule has 0 saturated carbocycles. The largest absolute Gasteiger partial charge is 0.364 e. The fraction of sp³-hybridized carbons (Fsp3) is 0.424. The van der Waals surface area contributed by atoms with Gasteiger partial charge in [0.2, 0.25) is 5.95 Å². The highest BCUT2D eigenvalue weighted by atomic mass is 15.3. The second kappa shape index (κ2) is 8.41. The number of hydrogen-bond donors (Lipinski definition) is 1. The van der Waals surface area contributed by atoms with Gasteiger partial charge in [-0.15, -0.1) is 0 Å². The molecule has 1 aromatic carbocycles. The monoisotopic (exact) mass is 518 g/mol. The van der Waals surface area contributed by atoms with Crippen LogP contribution in [0.2, 0.25) is 0 Å². The molecule has 0 fully saturated rings. The maximum absolute atomic E-state index is 5.37. The number of rotatable bonds is 4. The molecular formula is C33H38N6. The summed E-state index contributed by atoms with van der Waals surface area (Å²) in [6, 6.07) is 9.12. The third kappa shape index (κ3) is 3.23. The summed E-state index contributed by atoms with van der Waals surface area (Å²) in [5.41, 5.74) is 12.7. The second-order valence-electron chi connectivity index (χ2n) is 12.2. The molecule has 39 heavy (non-hydrogen) atoms. The van der Waals surface area contributed by atoms with Gasteiger partial charge >= 0.3 is 0 Å². The Labute approximate surface area is 231 Å². The Balaban J connectivity index is 1.46. The molecule has 3 aliphatic rings. The Bertz CT molecular complexity index is 1620. The number of aryl methyl sites for hydroxylation is 1. The highest BCUT2D eigenvalue weighted by molar-refractivity contribution is 5.89. The van der Waals surface area contributed by atoms with Gasteiger partial charge in [-0.2, -0.15) is 5.10 Å². The van der Waals surface area contributed by atoms with E-state index in [2.05, 4.69) is 92.6 Å². The molecule has 3 aromatic heterocycles. The molecule has 6 nitrogen and oxygen atoms in total. The van der Waals surface area contributed by atoms with Crippen LogP contribution in [0.15, 0.2) is 48.9 Å². The molecule has 6 heteroatoms. The Kier molecular flexibility index (Phi) is 5.26. The lowest BCUT2D eigenvalue weighted by Gasteiger charge is -2.46. The second-order valence-corrected chi connectivity index (χ2v) is 12.2. The Hall–Kier alpha value is -3.67. The van der Waals surface area contributed by atoms with Crippen molar-refractivity contribution in [3.8, 4) is 5.69 Å². The van der Waals surface area contributed by atoms with E-state index in [1.807, 2.05) is 12.4 Å². The normalized spacial score (nSPS) is 23.1. The fourth-order valence-electron chi connectivity index (χ4n) is 7.18. The van der Waals surface area contributed by atoms with Crippen LogP contribution in [0.5, 0.6) is 0 Å². The number of aromatic nitrogens is 5. The highest BCUT2D eigenvalue weighted by Crippen LogP contribution is 2.58. The number of aromatic amines is 1. The molecule has 1 aliphatic carbocycles. The van der Waals surface area contributed by atoms with Crippen LogP contribution in [0.25, 0.3) is 11.3 Å². The number of nitrogens with zero attached hydrogens (tertiary/aromatic N) is 5. The third-order valence-corrected chi connectivity index (χ3v) is 9.71. The number of para-hydroxylation sites is 1. The van der Waals surface area contributed by atoms with E-state index in [-0.39, 0.29) is 10.8 Å². The van der Waals surface area contributed by atoms with Crippen LogP contribution >= 0.6 is 0 Å². The standard InChI is InChI=1S/C33H38N6/c1-7-21-10-9-11-23-26-16-32(5,8-2)29-25(12-14-34-29)33(26,6)30-24-19-38(15-13-27(24)37-39(30)28(21)23)31-35-17-22(18-36-31)20(3)4/h9-12,14,16-18,20,34H,7-8,13,15,19H2,1-6H3. The summed E-state index contributed by atoms with van der Waals surface area (Å²) >= 11 is 0. The molecule has 0 radical (unpaired) electrons. The summed E-state index contributed by atoms with van der Waals surface area (Å²) in [4.78, 5) is 15.6. The predicted octanol–water partition coefficient (Wildman–Crippen LogP) is 6.62. The number of nitrogens with one attached hydrogen (secondary N) is 1. The van der Waals surface area contributed by atoms with Crippen molar-refractivity contribution < 1.29 is 0 Å². The lowest BCUT2D eigenvalue weighted by Crippen LogP contribution is -2.42. The van der Waals surface area contributed by atoms with Crippen LogP contribution in [0.1, 0.15) is 98.8 Å². The van der Waals surface area contributed by atoms with Crippen LogP contribution in [-0.4, -0.2) is 31.3 Å². The zero-order valence-electron chi connectivity index (χ0n) is 24.0. The van der Waals surface area contributed by atoms with E-state index >= 15 is 0 Å². The number of anilines is 1. The van der Waals surface area contributed by atoms with E-state index in [0.717, 1.165) is 38.3 Å². The summed E-state index contributed by atoms with van der Waals surface area (Å²) in [5, 5.41) is 5.37. The van der Waals surface area contributed by atoms with Crippen LogP contribution in [-0.2, 0) is 30.2 Å². The Morgan fingerprint density at radius 2 is 1.87 bits per heavy atom. The minimum absolute atomic E-state index is 0.0482. The molecule has 5 heterocycles. The molecule has 0 spiro atoms. The van der Waals surface area contributed by atoms with Crippen LogP contribution in [0, 0.1) is 0 Å². The van der Waals surface area contributed by atoms with Crippen molar-refractivity contribution in [3.05, 3.63) is 93.8 Å². The van der Waals surface area contributed by atoms with Gasteiger partial charge in [0.05, 0.1) is 22.5 Å². The van der Waals surface area contributed by atoms with E-state index in [1.54, 1.807) is 0 Å². The van der Waals surface area contributed by atoms with Gasteiger partial charge in [-0.25, -0.2) is 14.6 Å². The number of allylic oxidation sites excluding steroid dienone is 2.